The minimum Gasteiger partial charge on any atom is -0.484 e. The zero-order valence-corrected chi connectivity index (χ0v) is 15.4. The van der Waals surface area contributed by atoms with Gasteiger partial charge < -0.3 is 4.74 Å². The number of nitrogens with zero attached hydrogens (tertiary/aromatic N) is 5. The van der Waals surface area contributed by atoms with Crippen LogP contribution >= 0.6 is 15.9 Å². The molecule has 2 aromatic carbocycles. The summed E-state index contributed by atoms with van der Waals surface area (Å²) in [7, 11) is 0. The molecule has 0 aliphatic heterocycles. The van der Waals surface area contributed by atoms with E-state index in [-0.39, 0.29) is 12.5 Å². The monoisotopic (exact) mass is 414 g/mol. The summed E-state index contributed by atoms with van der Waals surface area (Å²) in [5.41, 5.74) is 4.86. The lowest BCUT2D eigenvalue weighted by Crippen LogP contribution is -2.25. The Hall–Kier alpha value is -3.07. The Kier molecular flexibility index (Phi) is 5.69. The number of tetrazole rings is 1. The van der Waals surface area contributed by atoms with Crippen molar-refractivity contribution in [2.24, 2.45) is 5.10 Å². The maximum Gasteiger partial charge on any atom is 0.277 e. The Morgan fingerprint density at radius 3 is 2.58 bits per heavy atom. The molecule has 9 heteroatoms. The molecule has 0 aliphatic rings. The van der Waals surface area contributed by atoms with E-state index in [0.29, 0.717) is 11.5 Å². The van der Waals surface area contributed by atoms with Crippen LogP contribution in [0.15, 0.2) is 64.4 Å². The van der Waals surface area contributed by atoms with Crippen molar-refractivity contribution < 1.29 is 9.53 Å². The first-order valence-corrected chi connectivity index (χ1v) is 8.46. The van der Waals surface area contributed by atoms with Gasteiger partial charge in [-0.25, -0.2) is 10.1 Å². The first-order chi connectivity index (χ1) is 12.6. The number of amides is 1. The Bertz CT molecular complexity index is 892. The number of aromatic nitrogens is 4. The molecule has 0 spiro atoms. The molecule has 1 amide bonds. The first-order valence-electron chi connectivity index (χ1n) is 7.67. The third-order valence-corrected chi connectivity index (χ3v) is 3.96. The zero-order chi connectivity index (χ0) is 18.4. The van der Waals surface area contributed by atoms with E-state index in [0.717, 1.165) is 15.7 Å². The number of rotatable bonds is 6. The van der Waals surface area contributed by atoms with Crippen LogP contribution in [0.4, 0.5) is 0 Å². The van der Waals surface area contributed by atoms with Gasteiger partial charge >= 0.3 is 0 Å². The molecular weight excluding hydrogens is 400 g/mol. The maximum atomic E-state index is 11.9. The highest BCUT2D eigenvalue weighted by Crippen LogP contribution is 2.15. The van der Waals surface area contributed by atoms with Gasteiger partial charge in [0, 0.05) is 4.47 Å². The lowest BCUT2D eigenvalue weighted by molar-refractivity contribution is -0.123. The molecule has 0 unspecified atom stereocenters. The van der Waals surface area contributed by atoms with Gasteiger partial charge in [0.2, 0.25) is 0 Å². The minimum atomic E-state index is -0.336. The fourth-order valence-corrected chi connectivity index (χ4v) is 2.32. The quantitative estimate of drug-likeness (QED) is 0.493. The van der Waals surface area contributed by atoms with Gasteiger partial charge in [-0.3, -0.25) is 4.79 Å². The van der Waals surface area contributed by atoms with Gasteiger partial charge in [-0.2, -0.15) is 5.10 Å². The minimum absolute atomic E-state index is 0.114. The lowest BCUT2D eigenvalue weighted by Gasteiger charge is -2.06. The molecule has 0 saturated heterocycles. The predicted molar refractivity (Wildman–Crippen MR) is 99.1 cm³/mol. The van der Waals surface area contributed by atoms with Gasteiger partial charge in [0.1, 0.15) is 12.1 Å². The highest BCUT2D eigenvalue weighted by atomic mass is 79.9. The molecule has 3 rings (SSSR count). The van der Waals surface area contributed by atoms with Crippen molar-refractivity contribution >= 4 is 27.5 Å². The zero-order valence-electron chi connectivity index (χ0n) is 13.8. The van der Waals surface area contributed by atoms with Crippen LogP contribution < -0.4 is 10.2 Å². The molecule has 0 atom stereocenters. The second-order valence-corrected chi connectivity index (χ2v) is 6.19. The molecular formula is C17H15BrN6O2. The van der Waals surface area contributed by atoms with Crippen LogP contribution in [0.25, 0.3) is 5.69 Å². The number of ether oxygens (including phenoxy) is 1. The third-order valence-electron chi connectivity index (χ3n) is 3.43. The lowest BCUT2D eigenvalue weighted by atomic mass is 10.1. The van der Waals surface area contributed by atoms with Gasteiger partial charge in [-0.15, -0.1) is 5.10 Å². The van der Waals surface area contributed by atoms with Crippen molar-refractivity contribution in [3.63, 3.8) is 0 Å². The predicted octanol–water partition coefficient (Wildman–Crippen LogP) is 2.34. The Labute approximate surface area is 158 Å². The fourth-order valence-electron chi connectivity index (χ4n) is 2.06. The van der Waals surface area contributed by atoms with Crippen molar-refractivity contribution in [2.75, 3.05) is 6.61 Å². The number of hydrogen-bond acceptors (Lipinski definition) is 6. The normalized spacial score (nSPS) is 11.2. The summed E-state index contributed by atoms with van der Waals surface area (Å²) < 4.78 is 7.89. The van der Waals surface area contributed by atoms with E-state index in [1.165, 1.54) is 6.33 Å². The summed E-state index contributed by atoms with van der Waals surface area (Å²) in [6, 6.07) is 14.7. The summed E-state index contributed by atoms with van der Waals surface area (Å²) in [6.45, 7) is 1.69. The highest BCUT2D eigenvalue weighted by molar-refractivity contribution is 9.10. The molecule has 1 N–H and O–H groups in total. The van der Waals surface area contributed by atoms with Gasteiger partial charge in [0.05, 0.1) is 11.4 Å². The molecule has 0 bridgehead atoms. The number of carbonyl (C=O) groups excluding carboxylic acids is 1. The second kappa shape index (κ2) is 8.34. The molecule has 1 heterocycles. The van der Waals surface area contributed by atoms with Crippen LogP contribution in [-0.4, -0.2) is 38.4 Å². The van der Waals surface area contributed by atoms with Crippen molar-refractivity contribution in [1.29, 1.82) is 0 Å². The van der Waals surface area contributed by atoms with E-state index < -0.39 is 0 Å². The van der Waals surface area contributed by atoms with Crippen LogP contribution in [0.3, 0.4) is 0 Å². The molecule has 8 nitrogen and oxygen atoms in total. The summed E-state index contributed by atoms with van der Waals surface area (Å²) in [5, 5.41) is 15.1. The van der Waals surface area contributed by atoms with E-state index in [9.17, 15) is 4.79 Å². The molecule has 132 valence electrons. The van der Waals surface area contributed by atoms with E-state index in [2.05, 4.69) is 42.0 Å². The van der Waals surface area contributed by atoms with Gasteiger partial charge in [0.15, 0.2) is 6.61 Å². The number of halogens is 1. The SMILES string of the molecule is C/C(=N\NC(=O)COc1ccc(Br)cc1)c1ccc(-n2cnnn2)cc1. The largest absolute Gasteiger partial charge is 0.484 e. The standard InChI is InChI=1S/C17H15BrN6O2/c1-12(13-2-6-15(7-3-13)24-11-19-22-23-24)20-21-17(25)10-26-16-8-4-14(18)5-9-16/h2-9,11H,10H2,1H3,(H,21,25)/b20-12+. The third kappa shape index (κ3) is 4.73. The second-order valence-electron chi connectivity index (χ2n) is 5.28. The van der Waals surface area contributed by atoms with E-state index in [4.69, 9.17) is 4.74 Å². The molecule has 0 aliphatic carbocycles. The molecule has 0 fully saturated rings. The molecule has 0 saturated carbocycles. The Balaban J connectivity index is 1.54. The van der Waals surface area contributed by atoms with Crippen molar-refractivity contribution in [1.82, 2.24) is 25.6 Å². The van der Waals surface area contributed by atoms with Crippen LogP contribution in [0.1, 0.15) is 12.5 Å². The first kappa shape index (κ1) is 17.7. The fraction of sp³-hybridized carbons (Fsp3) is 0.118. The summed E-state index contributed by atoms with van der Waals surface area (Å²) >= 11 is 3.34. The number of hydrazone groups is 1. The summed E-state index contributed by atoms with van der Waals surface area (Å²) in [6.07, 6.45) is 1.52. The number of nitrogens with one attached hydrogen (secondary N) is 1. The van der Waals surface area contributed by atoms with Crippen LogP contribution in [0.5, 0.6) is 5.75 Å². The molecule has 3 aromatic rings. The van der Waals surface area contributed by atoms with E-state index >= 15 is 0 Å². The summed E-state index contributed by atoms with van der Waals surface area (Å²) in [4.78, 5) is 11.9. The summed E-state index contributed by atoms with van der Waals surface area (Å²) in [5.74, 6) is 0.278. The average Bonchev–Trinajstić information content (AvgIpc) is 3.20. The van der Waals surface area contributed by atoms with Crippen molar-refractivity contribution in [3.8, 4) is 11.4 Å². The highest BCUT2D eigenvalue weighted by Gasteiger charge is 2.04. The van der Waals surface area contributed by atoms with E-state index in [1.54, 1.807) is 16.8 Å². The number of hydrogen-bond donors (Lipinski definition) is 1. The van der Waals surface area contributed by atoms with Gasteiger partial charge in [0.25, 0.3) is 5.91 Å². The molecule has 26 heavy (non-hydrogen) atoms. The maximum absolute atomic E-state index is 11.9. The van der Waals surface area contributed by atoms with Gasteiger partial charge in [-0.1, -0.05) is 28.1 Å². The van der Waals surface area contributed by atoms with Crippen LogP contribution in [0, 0.1) is 0 Å². The van der Waals surface area contributed by atoms with Gasteiger partial charge in [-0.05, 0) is 59.3 Å². The smallest absolute Gasteiger partial charge is 0.277 e. The van der Waals surface area contributed by atoms with Crippen LogP contribution in [-0.2, 0) is 4.79 Å². The topological polar surface area (TPSA) is 94.3 Å². The Morgan fingerprint density at radius 1 is 1.19 bits per heavy atom. The van der Waals surface area contributed by atoms with Crippen molar-refractivity contribution in [2.45, 2.75) is 6.92 Å². The molecule has 1 aromatic heterocycles. The average molecular weight is 415 g/mol. The Morgan fingerprint density at radius 2 is 1.92 bits per heavy atom. The number of carbonyl (C=O) groups is 1. The number of benzene rings is 2. The van der Waals surface area contributed by atoms with Crippen molar-refractivity contribution in [3.05, 3.63) is 64.9 Å². The van der Waals surface area contributed by atoms with Crippen LogP contribution in [0.2, 0.25) is 0 Å². The van der Waals surface area contributed by atoms with E-state index in [1.807, 2.05) is 43.3 Å². The molecule has 0 radical (unpaired) electrons.